The number of nitrogen functional groups attached to an aromatic ring is 2. The number of anilines is 2. The van der Waals surface area contributed by atoms with E-state index in [-0.39, 0.29) is 0 Å². The Morgan fingerprint density at radius 1 is 0.579 bits per heavy atom. The molecule has 0 radical (unpaired) electrons. The zero-order valence-electron chi connectivity index (χ0n) is 10.5. The number of hydrogen-bond acceptors (Lipinski definition) is 2. The van der Waals surface area contributed by atoms with E-state index >= 15 is 0 Å². The highest BCUT2D eigenvalue weighted by Gasteiger charge is 2.24. The van der Waals surface area contributed by atoms with E-state index in [0.29, 0.717) is 0 Å². The fraction of sp³-hybridized carbons (Fsp3) is 0. The minimum absolute atomic E-state index is 0.793. The van der Waals surface area contributed by atoms with Crippen LogP contribution in [0.15, 0.2) is 81.3 Å². The molecule has 2 aromatic carbocycles. The van der Waals surface area contributed by atoms with Crippen molar-refractivity contribution < 1.29 is 0 Å². The second-order valence-electron chi connectivity index (χ2n) is 4.50. The van der Waals surface area contributed by atoms with Gasteiger partial charge in [-0.2, -0.15) is 0 Å². The van der Waals surface area contributed by atoms with Gasteiger partial charge < -0.3 is 11.5 Å². The fourth-order valence-corrected chi connectivity index (χ4v) is 5.06. The third-order valence-electron chi connectivity index (χ3n) is 3.24. The predicted molar refractivity (Wildman–Crippen MR) is 84.1 cm³/mol. The molecule has 2 aromatic rings. The molecule has 0 unspecified atom stereocenters. The van der Waals surface area contributed by atoms with Gasteiger partial charge in [-0.25, -0.2) is 0 Å². The molecule has 0 bridgehead atoms. The lowest BCUT2D eigenvalue weighted by atomic mass is 10.3. The van der Waals surface area contributed by atoms with Crippen molar-refractivity contribution >= 4 is 21.4 Å². The van der Waals surface area contributed by atoms with Gasteiger partial charge in [-0.1, -0.05) is 12.2 Å². The van der Waals surface area contributed by atoms with Gasteiger partial charge in [-0.3, -0.25) is 0 Å². The Balaban J connectivity index is 2.15. The monoisotopic (exact) mass is 268 g/mol. The molecule has 96 valence electrons. The molecule has 0 amide bonds. The zero-order valence-corrected chi connectivity index (χ0v) is 11.3. The first-order valence-corrected chi connectivity index (χ1v) is 7.86. The molecule has 3 heteroatoms. The molecule has 0 fully saturated rings. The summed E-state index contributed by atoms with van der Waals surface area (Å²) < 4.78 is 0. The highest BCUT2D eigenvalue weighted by Crippen LogP contribution is 2.66. The molecular weight excluding hydrogens is 252 g/mol. The van der Waals surface area contributed by atoms with Crippen LogP contribution in [0, 0.1) is 0 Å². The summed E-state index contributed by atoms with van der Waals surface area (Å²) >= 11 is 0. The first-order valence-electron chi connectivity index (χ1n) is 6.10. The van der Waals surface area contributed by atoms with Crippen LogP contribution in [0.5, 0.6) is 0 Å². The lowest BCUT2D eigenvalue weighted by Gasteiger charge is -2.32. The summed E-state index contributed by atoms with van der Waals surface area (Å²) in [5, 5.41) is 4.56. The summed E-state index contributed by atoms with van der Waals surface area (Å²) in [4.78, 5) is 2.58. The second-order valence-corrected chi connectivity index (χ2v) is 7.41. The fourth-order valence-electron chi connectivity index (χ4n) is 2.22. The third kappa shape index (κ3) is 2.02. The van der Waals surface area contributed by atoms with Crippen LogP contribution < -0.4 is 11.5 Å². The van der Waals surface area contributed by atoms with Crippen molar-refractivity contribution in [2.75, 3.05) is 11.5 Å². The number of benzene rings is 2. The molecule has 0 aromatic heterocycles. The highest BCUT2D eigenvalue weighted by molar-refractivity contribution is 8.38. The second kappa shape index (κ2) is 4.52. The van der Waals surface area contributed by atoms with Crippen molar-refractivity contribution in [2.24, 2.45) is 0 Å². The van der Waals surface area contributed by atoms with E-state index in [9.17, 15) is 0 Å². The first-order chi connectivity index (χ1) is 9.21. The van der Waals surface area contributed by atoms with Gasteiger partial charge in [0.25, 0.3) is 0 Å². The maximum Gasteiger partial charge on any atom is 0.0314 e. The van der Waals surface area contributed by atoms with Crippen molar-refractivity contribution in [3.05, 3.63) is 71.5 Å². The van der Waals surface area contributed by atoms with E-state index in [1.54, 1.807) is 0 Å². The van der Waals surface area contributed by atoms with Gasteiger partial charge in [-0.15, -0.1) is 10.0 Å². The molecule has 0 aliphatic carbocycles. The molecule has 0 atom stereocenters. The van der Waals surface area contributed by atoms with Gasteiger partial charge in [0.2, 0.25) is 0 Å². The molecule has 0 saturated carbocycles. The summed E-state index contributed by atoms with van der Waals surface area (Å²) in [6, 6.07) is 16.3. The van der Waals surface area contributed by atoms with Crippen LogP contribution in [0.1, 0.15) is 0 Å². The van der Waals surface area contributed by atoms with Crippen LogP contribution in [0.25, 0.3) is 0 Å². The summed E-state index contributed by atoms with van der Waals surface area (Å²) in [6.07, 6.45) is 4.23. The van der Waals surface area contributed by atoms with Crippen molar-refractivity contribution in [2.45, 2.75) is 9.79 Å². The average molecular weight is 268 g/mol. The molecule has 3 rings (SSSR count). The largest absolute Gasteiger partial charge is 0.399 e. The Bertz CT molecular complexity index is 580. The lowest BCUT2D eigenvalue weighted by molar-refractivity contribution is 1.38. The predicted octanol–water partition coefficient (Wildman–Crippen LogP) is 4.11. The quantitative estimate of drug-likeness (QED) is 0.805. The van der Waals surface area contributed by atoms with Crippen LogP contribution in [0.4, 0.5) is 11.4 Å². The van der Waals surface area contributed by atoms with Crippen LogP contribution in [0.3, 0.4) is 0 Å². The summed E-state index contributed by atoms with van der Waals surface area (Å²) in [5.74, 6) is 0. The third-order valence-corrected chi connectivity index (χ3v) is 6.52. The van der Waals surface area contributed by atoms with Gasteiger partial charge in [-0.05, 0) is 59.3 Å². The number of hydrogen-bond donors (Lipinski definition) is 2. The van der Waals surface area contributed by atoms with E-state index in [1.165, 1.54) is 9.79 Å². The molecule has 1 heterocycles. The molecular formula is C16H16N2S. The van der Waals surface area contributed by atoms with Gasteiger partial charge in [0.05, 0.1) is 0 Å². The Hall–Kier alpha value is -2.13. The molecule has 1 aliphatic rings. The van der Waals surface area contributed by atoms with Gasteiger partial charge in [0.1, 0.15) is 0 Å². The zero-order chi connectivity index (χ0) is 13.3. The Labute approximate surface area is 114 Å². The van der Waals surface area contributed by atoms with Crippen molar-refractivity contribution in [3.63, 3.8) is 0 Å². The first kappa shape index (κ1) is 11.9. The van der Waals surface area contributed by atoms with Crippen LogP contribution in [-0.2, 0) is 0 Å². The molecule has 2 nitrogen and oxygen atoms in total. The minimum atomic E-state index is -1.22. The molecule has 0 saturated heterocycles. The van der Waals surface area contributed by atoms with Gasteiger partial charge >= 0.3 is 0 Å². The van der Waals surface area contributed by atoms with Crippen molar-refractivity contribution in [3.8, 4) is 0 Å². The Morgan fingerprint density at radius 2 is 0.947 bits per heavy atom. The summed E-state index contributed by atoms with van der Waals surface area (Å²) in [6.45, 7) is 0. The average Bonchev–Trinajstić information content (AvgIpc) is 2.91. The Kier molecular flexibility index (Phi) is 2.84. The van der Waals surface area contributed by atoms with E-state index in [0.717, 1.165) is 11.4 Å². The highest BCUT2D eigenvalue weighted by atomic mass is 32.3. The number of nitrogens with two attached hydrogens (primary N) is 2. The maximum absolute atomic E-state index is 5.78. The lowest BCUT2D eigenvalue weighted by Crippen LogP contribution is -1.95. The number of rotatable bonds is 2. The topological polar surface area (TPSA) is 52.0 Å². The smallest absolute Gasteiger partial charge is 0.0314 e. The Morgan fingerprint density at radius 3 is 1.32 bits per heavy atom. The van der Waals surface area contributed by atoms with Gasteiger partial charge in [0.15, 0.2) is 0 Å². The van der Waals surface area contributed by atoms with E-state index in [2.05, 4.69) is 47.2 Å². The van der Waals surface area contributed by atoms with Crippen molar-refractivity contribution in [1.29, 1.82) is 0 Å². The van der Waals surface area contributed by atoms with Crippen LogP contribution in [0.2, 0.25) is 0 Å². The normalized spacial score (nSPS) is 17.5. The minimum Gasteiger partial charge on any atom is -0.399 e. The van der Waals surface area contributed by atoms with Gasteiger partial charge in [0, 0.05) is 21.2 Å². The number of allylic oxidation sites excluding steroid dienone is 2. The maximum atomic E-state index is 5.78. The summed E-state index contributed by atoms with van der Waals surface area (Å²) in [7, 11) is -1.22. The van der Waals surface area contributed by atoms with E-state index in [1.807, 2.05) is 24.3 Å². The molecule has 0 spiro atoms. The van der Waals surface area contributed by atoms with Crippen molar-refractivity contribution in [1.82, 2.24) is 0 Å². The standard InChI is InChI=1S/C16H16N2S/c17-13-3-7-15(8-4-13)19(11-1-2-12-19)16-9-5-14(18)6-10-16/h1-12H,17-18H2. The van der Waals surface area contributed by atoms with Crippen LogP contribution in [-0.4, -0.2) is 0 Å². The van der Waals surface area contributed by atoms with E-state index in [4.69, 9.17) is 11.5 Å². The summed E-state index contributed by atoms with van der Waals surface area (Å²) in [5.41, 5.74) is 13.2. The molecule has 19 heavy (non-hydrogen) atoms. The molecule has 4 N–H and O–H groups in total. The van der Waals surface area contributed by atoms with Crippen LogP contribution >= 0.6 is 10.0 Å². The SMILES string of the molecule is Nc1ccc(S2(c3ccc(N)cc3)C=CC=C2)cc1. The molecule has 1 aliphatic heterocycles. The van der Waals surface area contributed by atoms with E-state index < -0.39 is 10.0 Å².